The highest BCUT2D eigenvalue weighted by Gasteiger charge is 2.25. The fourth-order valence-electron chi connectivity index (χ4n) is 3.12. The molecule has 19 heavy (non-hydrogen) atoms. The average Bonchev–Trinajstić information content (AvgIpc) is 2.39. The quantitative estimate of drug-likeness (QED) is 0.772. The fraction of sp³-hybridized carbons (Fsp3) is 0.933. The maximum atomic E-state index is 10.9. The number of hydrogen-bond acceptors (Lipinski definition) is 2. The van der Waals surface area contributed by atoms with Crippen molar-refractivity contribution in [2.75, 3.05) is 27.2 Å². The zero-order valence-corrected chi connectivity index (χ0v) is 12.8. The normalized spacial score (nSPS) is 23.6. The number of carboxylic acid groups (broad SMARTS) is 1. The second kappa shape index (κ2) is 8.41. The van der Waals surface area contributed by atoms with Crippen LogP contribution in [0.5, 0.6) is 0 Å². The lowest BCUT2D eigenvalue weighted by Crippen LogP contribution is -2.38. The van der Waals surface area contributed by atoms with Gasteiger partial charge in [0.05, 0.1) is 0 Å². The molecule has 1 fully saturated rings. The molecule has 0 heterocycles. The summed E-state index contributed by atoms with van der Waals surface area (Å²) in [7, 11) is 3.90. The molecule has 112 valence electrons. The third-order valence-electron chi connectivity index (χ3n) is 4.42. The Hall–Kier alpha value is -0.770. The van der Waals surface area contributed by atoms with Gasteiger partial charge >= 0.3 is 6.09 Å². The molecule has 1 aliphatic carbocycles. The lowest BCUT2D eigenvalue weighted by atomic mass is 9.83. The molecule has 0 unspecified atom stereocenters. The number of hydrogen-bond donors (Lipinski definition) is 1. The van der Waals surface area contributed by atoms with Crippen molar-refractivity contribution >= 4 is 6.09 Å². The third-order valence-corrected chi connectivity index (χ3v) is 4.42. The standard InChI is InChI=1S/C15H30N2O2/c1-4-11-16(2)12-5-6-13-7-9-14(10-8-13)17(3)15(18)19/h13-14H,4-12H2,1-3H3,(H,18,19). The minimum atomic E-state index is -0.787. The summed E-state index contributed by atoms with van der Waals surface area (Å²) in [6.07, 6.45) is 7.49. The first kappa shape index (κ1) is 16.3. The van der Waals surface area contributed by atoms with E-state index in [1.54, 1.807) is 7.05 Å². The molecule has 1 amide bonds. The maximum Gasteiger partial charge on any atom is 0.407 e. The highest BCUT2D eigenvalue weighted by atomic mass is 16.4. The van der Waals surface area contributed by atoms with Gasteiger partial charge in [0.25, 0.3) is 0 Å². The Bertz CT molecular complexity index is 263. The Morgan fingerprint density at radius 1 is 1.16 bits per heavy atom. The highest BCUT2D eigenvalue weighted by molar-refractivity contribution is 5.64. The number of rotatable bonds is 7. The first-order valence-electron chi connectivity index (χ1n) is 7.68. The topological polar surface area (TPSA) is 43.8 Å². The van der Waals surface area contributed by atoms with E-state index in [1.807, 2.05) is 0 Å². The summed E-state index contributed by atoms with van der Waals surface area (Å²) in [5, 5.41) is 8.97. The number of carbonyl (C=O) groups is 1. The first-order chi connectivity index (χ1) is 9.04. The van der Waals surface area contributed by atoms with Crippen molar-refractivity contribution in [1.82, 2.24) is 9.80 Å². The summed E-state index contributed by atoms with van der Waals surface area (Å²) in [5.74, 6) is 0.813. The molecule has 0 atom stereocenters. The molecule has 0 saturated heterocycles. The van der Waals surface area contributed by atoms with Crippen LogP contribution in [0.15, 0.2) is 0 Å². The van der Waals surface area contributed by atoms with Crippen molar-refractivity contribution in [2.24, 2.45) is 5.92 Å². The summed E-state index contributed by atoms with van der Waals surface area (Å²) in [6, 6.07) is 0.247. The van der Waals surface area contributed by atoms with E-state index < -0.39 is 6.09 Å². The van der Waals surface area contributed by atoms with E-state index in [-0.39, 0.29) is 6.04 Å². The summed E-state index contributed by atoms with van der Waals surface area (Å²) < 4.78 is 0. The highest BCUT2D eigenvalue weighted by Crippen LogP contribution is 2.30. The molecule has 1 rings (SSSR count). The Kier molecular flexibility index (Phi) is 7.21. The van der Waals surface area contributed by atoms with Gasteiger partial charge in [-0.25, -0.2) is 4.79 Å². The second-order valence-corrected chi connectivity index (χ2v) is 6.01. The van der Waals surface area contributed by atoms with Gasteiger partial charge in [0.1, 0.15) is 0 Å². The molecule has 0 radical (unpaired) electrons. The van der Waals surface area contributed by atoms with Gasteiger partial charge in [-0.3, -0.25) is 0 Å². The largest absolute Gasteiger partial charge is 0.465 e. The Balaban J connectivity index is 2.15. The van der Waals surface area contributed by atoms with E-state index in [4.69, 9.17) is 5.11 Å². The molecule has 0 aliphatic heterocycles. The first-order valence-corrected chi connectivity index (χ1v) is 7.68. The summed E-state index contributed by atoms with van der Waals surface area (Å²) >= 11 is 0. The second-order valence-electron chi connectivity index (χ2n) is 6.01. The minimum absolute atomic E-state index is 0.247. The summed E-state index contributed by atoms with van der Waals surface area (Å²) in [4.78, 5) is 14.8. The lowest BCUT2D eigenvalue weighted by Gasteiger charge is -2.33. The van der Waals surface area contributed by atoms with Gasteiger partial charge in [0, 0.05) is 13.1 Å². The van der Waals surface area contributed by atoms with Gasteiger partial charge in [0.15, 0.2) is 0 Å². The molecular weight excluding hydrogens is 240 g/mol. The van der Waals surface area contributed by atoms with Crippen LogP contribution < -0.4 is 0 Å². The van der Waals surface area contributed by atoms with Gasteiger partial charge in [-0.05, 0) is 71.0 Å². The van der Waals surface area contributed by atoms with E-state index in [0.29, 0.717) is 0 Å². The predicted octanol–water partition coefficient (Wildman–Crippen LogP) is 3.28. The molecule has 4 nitrogen and oxygen atoms in total. The van der Waals surface area contributed by atoms with Gasteiger partial charge in [0.2, 0.25) is 0 Å². The SMILES string of the molecule is CCCN(C)CCCC1CCC(N(C)C(=O)O)CC1. The van der Waals surface area contributed by atoms with E-state index in [1.165, 1.54) is 50.1 Å². The predicted molar refractivity (Wildman–Crippen MR) is 78.6 cm³/mol. The molecule has 0 aromatic rings. The molecule has 0 spiro atoms. The van der Waals surface area contributed by atoms with Crippen LogP contribution in [0.4, 0.5) is 4.79 Å². The van der Waals surface area contributed by atoms with E-state index >= 15 is 0 Å². The van der Waals surface area contributed by atoms with Crippen LogP contribution in [0.25, 0.3) is 0 Å². The molecule has 1 N–H and O–H groups in total. The number of amides is 1. The average molecular weight is 270 g/mol. The maximum absolute atomic E-state index is 10.9. The molecule has 0 bridgehead atoms. The van der Waals surface area contributed by atoms with Crippen LogP contribution in [0.1, 0.15) is 51.9 Å². The monoisotopic (exact) mass is 270 g/mol. The lowest BCUT2D eigenvalue weighted by molar-refractivity contribution is 0.117. The van der Waals surface area contributed by atoms with Crippen LogP contribution in [0.3, 0.4) is 0 Å². The third kappa shape index (κ3) is 5.81. The van der Waals surface area contributed by atoms with E-state index in [9.17, 15) is 4.79 Å². The molecule has 1 saturated carbocycles. The van der Waals surface area contributed by atoms with E-state index in [0.717, 1.165) is 18.8 Å². The van der Waals surface area contributed by atoms with Crippen LogP contribution in [0, 0.1) is 5.92 Å². The van der Waals surface area contributed by atoms with Gasteiger partial charge in [-0.15, -0.1) is 0 Å². The van der Waals surface area contributed by atoms with Crippen LogP contribution in [-0.2, 0) is 0 Å². The van der Waals surface area contributed by atoms with Crippen LogP contribution >= 0.6 is 0 Å². The Morgan fingerprint density at radius 3 is 2.32 bits per heavy atom. The minimum Gasteiger partial charge on any atom is -0.465 e. The summed E-state index contributed by atoms with van der Waals surface area (Å²) in [5.41, 5.74) is 0. The Morgan fingerprint density at radius 2 is 1.79 bits per heavy atom. The fourth-order valence-corrected chi connectivity index (χ4v) is 3.12. The molecule has 0 aromatic heterocycles. The zero-order valence-electron chi connectivity index (χ0n) is 12.8. The zero-order chi connectivity index (χ0) is 14.3. The van der Waals surface area contributed by atoms with Crippen LogP contribution in [0.2, 0.25) is 0 Å². The van der Waals surface area contributed by atoms with Crippen molar-refractivity contribution in [1.29, 1.82) is 0 Å². The molecular formula is C15H30N2O2. The van der Waals surface area contributed by atoms with Crippen LogP contribution in [-0.4, -0.2) is 54.2 Å². The van der Waals surface area contributed by atoms with Crippen molar-refractivity contribution in [3.8, 4) is 0 Å². The van der Waals surface area contributed by atoms with Crippen molar-refractivity contribution < 1.29 is 9.90 Å². The van der Waals surface area contributed by atoms with Gasteiger partial charge < -0.3 is 14.9 Å². The van der Waals surface area contributed by atoms with Gasteiger partial charge in [-0.2, -0.15) is 0 Å². The van der Waals surface area contributed by atoms with E-state index in [2.05, 4.69) is 18.9 Å². The Labute approximate surface area is 117 Å². The van der Waals surface area contributed by atoms with Crippen molar-refractivity contribution in [2.45, 2.75) is 57.9 Å². The number of nitrogens with zero attached hydrogens (tertiary/aromatic N) is 2. The summed E-state index contributed by atoms with van der Waals surface area (Å²) in [6.45, 7) is 4.61. The van der Waals surface area contributed by atoms with Crippen molar-refractivity contribution in [3.63, 3.8) is 0 Å². The smallest absolute Gasteiger partial charge is 0.407 e. The molecule has 0 aromatic carbocycles. The molecule has 4 heteroatoms. The van der Waals surface area contributed by atoms with Crippen molar-refractivity contribution in [3.05, 3.63) is 0 Å². The van der Waals surface area contributed by atoms with Gasteiger partial charge in [-0.1, -0.05) is 6.92 Å². The molecule has 1 aliphatic rings.